The van der Waals surface area contributed by atoms with Crippen LogP contribution in [-0.4, -0.2) is 16.4 Å². The molecule has 0 aliphatic rings. The molecule has 0 bridgehead atoms. The number of halogens is 2. The van der Waals surface area contributed by atoms with Gasteiger partial charge in [-0.05, 0) is 17.9 Å². The van der Waals surface area contributed by atoms with E-state index in [1.807, 2.05) is 12.1 Å². The summed E-state index contributed by atoms with van der Waals surface area (Å²) in [7, 11) is 0. The van der Waals surface area contributed by atoms with Gasteiger partial charge in [-0.3, -0.25) is 4.79 Å². The number of carbonyl (C=O) groups excluding carboxylic acids is 1. The normalized spacial score (nSPS) is 10.6. The number of ketones is 1. The van der Waals surface area contributed by atoms with E-state index in [9.17, 15) is 4.79 Å². The molecule has 1 aromatic carbocycles. The molecule has 0 atom stereocenters. The number of Topliss-reactive ketones (excluding diaryl/α,β-unsaturated/α-hetero) is 1. The fourth-order valence-electron chi connectivity index (χ4n) is 1.01. The number of alkyl halides is 2. The highest BCUT2D eigenvalue weighted by Crippen LogP contribution is 2.19. The molecule has 0 N–H and O–H groups in total. The van der Waals surface area contributed by atoms with E-state index >= 15 is 0 Å². The summed E-state index contributed by atoms with van der Waals surface area (Å²) in [5.74, 6) is 0.766. The van der Waals surface area contributed by atoms with E-state index < -0.39 is 4.84 Å². The fraction of sp³-hybridized carbons (Fsp3) is 0.300. The summed E-state index contributed by atoms with van der Waals surface area (Å²) in [6, 6.07) is 7.30. The highest BCUT2D eigenvalue weighted by atomic mass is 35.5. The number of benzene rings is 1. The highest BCUT2D eigenvalue weighted by Gasteiger charge is 2.13. The molecule has 0 heterocycles. The topological polar surface area (TPSA) is 17.1 Å². The first-order valence-corrected chi connectivity index (χ1v) is 6.06. The van der Waals surface area contributed by atoms with Gasteiger partial charge in [-0.2, -0.15) is 0 Å². The van der Waals surface area contributed by atoms with Crippen LogP contribution in [0.4, 0.5) is 0 Å². The predicted octanol–water partition coefficient (Wildman–Crippen LogP) is 3.79. The number of carbonyl (C=O) groups is 1. The Hall–Kier alpha value is -0.180. The van der Waals surface area contributed by atoms with Gasteiger partial charge in [-0.15, -0.1) is 11.8 Å². The van der Waals surface area contributed by atoms with Gasteiger partial charge >= 0.3 is 0 Å². The van der Waals surface area contributed by atoms with Crippen LogP contribution in [0.2, 0.25) is 0 Å². The van der Waals surface area contributed by atoms with Crippen LogP contribution >= 0.6 is 35.0 Å². The molecule has 0 amide bonds. The zero-order valence-electron chi connectivity index (χ0n) is 7.67. The van der Waals surface area contributed by atoms with Crippen molar-refractivity contribution < 1.29 is 4.79 Å². The third-order valence-corrected chi connectivity index (χ3v) is 2.94. The van der Waals surface area contributed by atoms with Crippen molar-refractivity contribution in [1.82, 2.24) is 0 Å². The lowest BCUT2D eigenvalue weighted by Gasteiger charge is -2.02. The Balaban J connectivity index is 2.78. The molecule has 0 unspecified atom stereocenters. The van der Waals surface area contributed by atoms with E-state index in [1.165, 1.54) is 0 Å². The van der Waals surface area contributed by atoms with E-state index in [4.69, 9.17) is 23.2 Å². The average Bonchev–Trinajstić information content (AvgIpc) is 2.18. The van der Waals surface area contributed by atoms with Crippen molar-refractivity contribution in [1.29, 1.82) is 0 Å². The zero-order valence-corrected chi connectivity index (χ0v) is 9.99. The number of hydrogen-bond acceptors (Lipinski definition) is 2. The molecule has 0 aliphatic carbocycles. The van der Waals surface area contributed by atoms with Gasteiger partial charge in [0, 0.05) is 10.5 Å². The monoisotopic (exact) mass is 248 g/mol. The Bertz CT molecular complexity index is 308. The summed E-state index contributed by atoms with van der Waals surface area (Å²) in [6.45, 7) is 2.08. The molecule has 0 saturated carbocycles. The van der Waals surface area contributed by atoms with E-state index in [0.29, 0.717) is 5.56 Å². The van der Waals surface area contributed by atoms with E-state index in [0.717, 1.165) is 10.6 Å². The van der Waals surface area contributed by atoms with Crippen molar-refractivity contribution >= 4 is 40.7 Å². The van der Waals surface area contributed by atoms with Gasteiger partial charge in [0.1, 0.15) is 0 Å². The third kappa shape index (κ3) is 3.19. The molecule has 1 rings (SSSR count). The highest BCUT2D eigenvalue weighted by molar-refractivity contribution is 7.99. The molecule has 1 nitrogen and oxygen atoms in total. The minimum absolute atomic E-state index is 0.249. The standard InChI is InChI=1S/C10H10Cl2OS/c1-2-14-8-5-3-7(4-6-8)9(13)10(11)12/h3-6,10H,2H2,1H3. The lowest BCUT2D eigenvalue weighted by atomic mass is 10.1. The minimum atomic E-state index is -0.973. The van der Waals surface area contributed by atoms with Crippen LogP contribution in [-0.2, 0) is 0 Å². The van der Waals surface area contributed by atoms with Crippen LogP contribution in [0.3, 0.4) is 0 Å². The molecule has 0 aromatic heterocycles. The maximum atomic E-state index is 11.3. The molecule has 14 heavy (non-hydrogen) atoms. The molecule has 0 aliphatic heterocycles. The smallest absolute Gasteiger partial charge is 0.195 e. The van der Waals surface area contributed by atoms with Crippen LogP contribution in [0.25, 0.3) is 0 Å². The van der Waals surface area contributed by atoms with Crippen molar-refractivity contribution in [3.8, 4) is 0 Å². The molecular weight excluding hydrogens is 239 g/mol. The SMILES string of the molecule is CCSc1ccc(C(=O)C(Cl)Cl)cc1. The van der Waals surface area contributed by atoms with E-state index in [-0.39, 0.29) is 5.78 Å². The van der Waals surface area contributed by atoms with Crippen LogP contribution in [0.15, 0.2) is 29.2 Å². The van der Waals surface area contributed by atoms with Gasteiger partial charge in [-0.1, -0.05) is 42.3 Å². The second-order valence-corrected chi connectivity index (χ2v) is 5.06. The number of rotatable bonds is 4. The van der Waals surface area contributed by atoms with E-state index in [1.54, 1.807) is 23.9 Å². The van der Waals surface area contributed by atoms with Crippen LogP contribution in [0.5, 0.6) is 0 Å². The van der Waals surface area contributed by atoms with Crippen LogP contribution in [0, 0.1) is 0 Å². The van der Waals surface area contributed by atoms with Gasteiger partial charge in [-0.25, -0.2) is 0 Å². The minimum Gasteiger partial charge on any atom is -0.291 e. The van der Waals surface area contributed by atoms with Gasteiger partial charge in [0.2, 0.25) is 0 Å². The maximum absolute atomic E-state index is 11.3. The third-order valence-electron chi connectivity index (χ3n) is 1.65. The maximum Gasteiger partial charge on any atom is 0.195 e. The lowest BCUT2D eigenvalue weighted by molar-refractivity contribution is 0.101. The summed E-state index contributed by atoms with van der Waals surface area (Å²) in [4.78, 5) is 11.5. The Morgan fingerprint density at radius 1 is 1.36 bits per heavy atom. The molecule has 0 radical (unpaired) electrons. The quantitative estimate of drug-likeness (QED) is 0.459. The summed E-state index contributed by atoms with van der Waals surface area (Å²) in [5, 5.41) is 0. The molecular formula is C10H10Cl2OS. The first-order chi connectivity index (χ1) is 6.65. The molecule has 4 heteroatoms. The second kappa shape index (κ2) is 5.64. The Kier molecular flexibility index (Phi) is 4.79. The van der Waals surface area contributed by atoms with Crippen molar-refractivity contribution in [2.24, 2.45) is 0 Å². The fourth-order valence-corrected chi connectivity index (χ4v) is 1.92. The first kappa shape index (κ1) is 11.9. The Morgan fingerprint density at radius 2 is 1.93 bits per heavy atom. The zero-order chi connectivity index (χ0) is 10.6. The lowest BCUT2D eigenvalue weighted by Crippen LogP contribution is -2.07. The van der Waals surface area contributed by atoms with Crippen molar-refractivity contribution in [2.75, 3.05) is 5.75 Å². The second-order valence-electron chi connectivity index (χ2n) is 2.62. The van der Waals surface area contributed by atoms with E-state index in [2.05, 4.69) is 6.92 Å². The Morgan fingerprint density at radius 3 is 2.36 bits per heavy atom. The molecule has 76 valence electrons. The molecule has 0 saturated heterocycles. The molecule has 1 aromatic rings. The average molecular weight is 249 g/mol. The van der Waals surface area contributed by atoms with Gasteiger partial charge < -0.3 is 0 Å². The van der Waals surface area contributed by atoms with Crippen molar-refractivity contribution in [2.45, 2.75) is 16.7 Å². The van der Waals surface area contributed by atoms with Crippen molar-refractivity contribution in [3.05, 3.63) is 29.8 Å². The molecule has 0 fully saturated rings. The predicted molar refractivity (Wildman–Crippen MR) is 62.7 cm³/mol. The van der Waals surface area contributed by atoms with Crippen molar-refractivity contribution in [3.63, 3.8) is 0 Å². The largest absolute Gasteiger partial charge is 0.291 e. The van der Waals surface area contributed by atoms with Crippen LogP contribution < -0.4 is 0 Å². The van der Waals surface area contributed by atoms with Gasteiger partial charge in [0.15, 0.2) is 10.6 Å². The molecule has 0 spiro atoms. The van der Waals surface area contributed by atoms with Gasteiger partial charge in [0.25, 0.3) is 0 Å². The first-order valence-electron chi connectivity index (χ1n) is 4.20. The number of thioether (sulfide) groups is 1. The summed E-state index contributed by atoms with van der Waals surface area (Å²) < 4.78 is 0. The van der Waals surface area contributed by atoms with Gasteiger partial charge in [0.05, 0.1) is 0 Å². The summed E-state index contributed by atoms with van der Waals surface area (Å²) in [5.41, 5.74) is 0.556. The summed E-state index contributed by atoms with van der Waals surface area (Å²) >= 11 is 12.7. The van der Waals surface area contributed by atoms with Crippen LogP contribution in [0.1, 0.15) is 17.3 Å². The summed E-state index contributed by atoms with van der Waals surface area (Å²) in [6.07, 6.45) is 0. The number of hydrogen-bond donors (Lipinski definition) is 0. The Labute approximate surface area is 97.8 Å².